The number of aliphatic carboxylic acids is 2. The van der Waals surface area contributed by atoms with Crippen molar-refractivity contribution in [3.8, 4) is 0 Å². The van der Waals surface area contributed by atoms with E-state index in [1.54, 1.807) is 30.3 Å². The molecule has 10 heteroatoms. The molecule has 10 nitrogen and oxygen atoms in total. The van der Waals surface area contributed by atoms with Crippen LogP contribution in [0.3, 0.4) is 0 Å². The SMILES string of the molecule is O=C(Nc1cccc(C(C(=O)O)C(=O)O)c1[N+](=O)[O-])OCc1ccccc1. The number of amides is 1. The van der Waals surface area contributed by atoms with E-state index in [2.05, 4.69) is 5.32 Å². The third-order valence-electron chi connectivity index (χ3n) is 3.50. The van der Waals surface area contributed by atoms with Gasteiger partial charge in [0.1, 0.15) is 12.3 Å². The summed E-state index contributed by atoms with van der Waals surface area (Å²) in [7, 11) is 0. The van der Waals surface area contributed by atoms with Crippen LogP contribution in [0.1, 0.15) is 17.0 Å². The molecule has 0 radical (unpaired) electrons. The molecular formula is C17H14N2O8. The molecule has 0 aromatic heterocycles. The highest BCUT2D eigenvalue weighted by Crippen LogP contribution is 2.34. The molecule has 3 N–H and O–H groups in total. The molecule has 0 saturated heterocycles. The van der Waals surface area contributed by atoms with Crippen LogP contribution >= 0.6 is 0 Å². The molecule has 0 atom stereocenters. The second kappa shape index (κ2) is 8.43. The van der Waals surface area contributed by atoms with Gasteiger partial charge in [-0.05, 0) is 11.6 Å². The summed E-state index contributed by atoms with van der Waals surface area (Å²) >= 11 is 0. The molecule has 0 aliphatic heterocycles. The van der Waals surface area contributed by atoms with Gasteiger partial charge in [0.2, 0.25) is 0 Å². The number of hydrogen-bond donors (Lipinski definition) is 3. The van der Waals surface area contributed by atoms with Crippen molar-refractivity contribution in [3.05, 3.63) is 69.8 Å². The summed E-state index contributed by atoms with van der Waals surface area (Å²) in [6.45, 7) is -0.0902. The summed E-state index contributed by atoms with van der Waals surface area (Å²) in [5.74, 6) is -5.70. The lowest BCUT2D eigenvalue weighted by molar-refractivity contribution is -0.384. The number of hydrogen-bond acceptors (Lipinski definition) is 6. The Kier molecular flexibility index (Phi) is 6.05. The fourth-order valence-electron chi connectivity index (χ4n) is 2.34. The molecule has 0 heterocycles. The van der Waals surface area contributed by atoms with Crippen LogP contribution in [0.5, 0.6) is 0 Å². The second-order valence-electron chi connectivity index (χ2n) is 5.30. The largest absolute Gasteiger partial charge is 0.480 e. The zero-order valence-electron chi connectivity index (χ0n) is 13.7. The Bertz CT molecular complexity index is 868. The topological polar surface area (TPSA) is 156 Å². The minimum absolute atomic E-state index is 0.0902. The average Bonchev–Trinajstić information content (AvgIpc) is 2.60. The summed E-state index contributed by atoms with van der Waals surface area (Å²) in [5, 5.41) is 31.7. The Labute approximate surface area is 152 Å². The van der Waals surface area contributed by atoms with Crippen molar-refractivity contribution in [1.29, 1.82) is 0 Å². The van der Waals surface area contributed by atoms with E-state index in [-0.39, 0.29) is 12.3 Å². The first-order chi connectivity index (χ1) is 12.8. The van der Waals surface area contributed by atoms with Gasteiger partial charge in [0.25, 0.3) is 5.69 Å². The van der Waals surface area contributed by atoms with Crippen LogP contribution in [0.4, 0.5) is 16.2 Å². The van der Waals surface area contributed by atoms with Crippen LogP contribution in [0, 0.1) is 10.1 Å². The van der Waals surface area contributed by atoms with Gasteiger partial charge in [0.15, 0.2) is 5.92 Å². The number of rotatable bonds is 7. The normalized spacial score (nSPS) is 10.3. The van der Waals surface area contributed by atoms with Crippen LogP contribution < -0.4 is 5.32 Å². The first-order valence-corrected chi connectivity index (χ1v) is 7.52. The quantitative estimate of drug-likeness (QED) is 0.379. The van der Waals surface area contributed by atoms with E-state index in [0.717, 1.165) is 12.1 Å². The van der Waals surface area contributed by atoms with Gasteiger partial charge in [-0.15, -0.1) is 0 Å². The van der Waals surface area contributed by atoms with Gasteiger partial charge in [-0.3, -0.25) is 25.0 Å². The molecular weight excluding hydrogens is 360 g/mol. The van der Waals surface area contributed by atoms with E-state index in [4.69, 9.17) is 14.9 Å². The predicted molar refractivity (Wildman–Crippen MR) is 91.4 cm³/mol. The van der Waals surface area contributed by atoms with E-state index in [1.807, 2.05) is 0 Å². The highest BCUT2D eigenvalue weighted by atomic mass is 16.6. The smallest absolute Gasteiger partial charge is 0.412 e. The Morgan fingerprint density at radius 2 is 1.67 bits per heavy atom. The monoisotopic (exact) mass is 374 g/mol. The zero-order chi connectivity index (χ0) is 20.0. The molecule has 0 aliphatic carbocycles. The molecule has 140 valence electrons. The van der Waals surface area contributed by atoms with Gasteiger partial charge in [-0.1, -0.05) is 42.5 Å². The van der Waals surface area contributed by atoms with Crippen LogP contribution in [-0.2, 0) is 20.9 Å². The number of carbonyl (C=O) groups excluding carboxylic acids is 1. The van der Waals surface area contributed by atoms with Crippen LogP contribution in [0.25, 0.3) is 0 Å². The minimum Gasteiger partial charge on any atom is -0.480 e. The molecule has 0 bridgehead atoms. The average molecular weight is 374 g/mol. The highest BCUT2D eigenvalue weighted by molar-refractivity contribution is 6.01. The molecule has 0 aliphatic rings. The number of anilines is 1. The lowest BCUT2D eigenvalue weighted by atomic mass is 9.96. The number of carbonyl (C=O) groups is 3. The molecule has 0 unspecified atom stereocenters. The summed E-state index contributed by atoms with van der Waals surface area (Å²) in [5.41, 5.74) is -1.08. The third-order valence-corrected chi connectivity index (χ3v) is 3.50. The number of nitrogens with zero attached hydrogens (tertiary/aromatic N) is 1. The summed E-state index contributed by atoms with van der Waals surface area (Å²) in [6.07, 6.45) is -1.01. The highest BCUT2D eigenvalue weighted by Gasteiger charge is 2.36. The molecule has 0 spiro atoms. The van der Waals surface area contributed by atoms with E-state index >= 15 is 0 Å². The van der Waals surface area contributed by atoms with Gasteiger partial charge in [-0.2, -0.15) is 0 Å². The number of carboxylic acid groups (broad SMARTS) is 2. The van der Waals surface area contributed by atoms with Crippen LogP contribution in [0.15, 0.2) is 48.5 Å². The van der Waals surface area contributed by atoms with Crippen molar-refractivity contribution in [1.82, 2.24) is 0 Å². The minimum atomic E-state index is -2.16. The van der Waals surface area contributed by atoms with Crippen LogP contribution in [0.2, 0.25) is 0 Å². The molecule has 2 aromatic rings. The van der Waals surface area contributed by atoms with Crippen molar-refractivity contribution in [2.24, 2.45) is 0 Å². The van der Waals surface area contributed by atoms with Crippen molar-refractivity contribution in [2.75, 3.05) is 5.32 Å². The lowest BCUT2D eigenvalue weighted by Crippen LogP contribution is -2.23. The van der Waals surface area contributed by atoms with Crippen molar-refractivity contribution < 1.29 is 34.3 Å². The fourth-order valence-corrected chi connectivity index (χ4v) is 2.34. The molecule has 27 heavy (non-hydrogen) atoms. The molecule has 0 fully saturated rings. The number of nitro benzene ring substituents is 1. The number of carboxylic acids is 2. The molecule has 2 rings (SSSR count). The first kappa shape index (κ1) is 19.4. The predicted octanol–water partition coefficient (Wildman–Crippen LogP) is 2.60. The zero-order valence-corrected chi connectivity index (χ0v) is 13.7. The molecule has 2 aromatic carbocycles. The van der Waals surface area contributed by atoms with Crippen molar-refractivity contribution in [3.63, 3.8) is 0 Å². The number of nitro groups is 1. The Balaban J connectivity index is 2.27. The van der Waals surface area contributed by atoms with E-state index in [9.17, 15) is 24.5 Å². The maximum Gasteiger partial charge on any atom is 0.412 e. The molecule has 1 amide bonds. The maximum absolute atomic E-state index is 11.9. The van der Waals surface area contributed by atoms with Gasteiger partial charge in [0, 0.05) is 0 Å². The third kappa shape index (κ3) is 4.78. The summed E-state index contributed by atoms with van der Waals surface area (Å²) in [6, 6.07) is 12.0. The Morgan fingerprint density at radius 1 is 1.04 bits per heavy atom. The Morgan fingerprint density at radius 3 is 2.22 bits per heavy atom. The van der Waals surface area contributed by atoms with Crippen LogP contribution in [-0.4, -0.2) is 33.2 Å². The number of ether oxygens (including phenoxy) is 1. The van der Waals surface area contributed by atoms with E-state index in [0.29, 0.717) is 5.56 Å². The summed E-state index contributed by atoms with van der Waals surface area (Å²) in [4.78, 5) is 44.7. The number of para-hydroxylation sites is 1. The van der Waals surface area contributed by atoms with E-state index in [1.165, 1.54) is 6.07 Å². The molecule has 0 saturated carbocycles. The Hall–Kier alpha value is -3.95. The lowest BCUT2D eigenvalue weighted by Gasteiger charge is -2.12. The number of nitrogens with one attached hydrogen (secondary N) is 1. The number of benzene rings is 2. The van der Waals surface area contributed by atoms with Crippen molar-refractivity contribution >= 4 is 29.4 Å². The van der Waals surface area contributed by atoms with Gasteiger partial charge in [0.05, 0.1) is 10.5 Å². The van der Waals surface area contributed by atoms with Gasteiger partial charge in [-0.25, -0.2) is 4.79 Å². The second-order valence-corrected chi connectivity index (χ2v) is 5.30. The van der Waals surface area contributed by atoms with Gasteiger partial charge >= 0.3 is 18.0 Å². The standard InChI is InChI=1S/C17H14N2O8/c20-15(21)13(16(22)23)11-7-4-8-12(14(11)19(25)26)18-17(24)27-9-10-5-2-1-3-6-10/h1-8,13H,9H2,(H,18,24)(H,20,21)(H,22,23). The van der Waals surface area contributed by atoms with E-state index < -0.39 is 40.1 Å². The summed E-state index contributed by atoms with van der Waals surface area (Å²) < 4.78 is 4.96. The van der Waals surface area contributed by atoms with Gasteiger partial charge < -0.3 is 14.9 Å². The van der Waals surface area contributed by atoms with Crippen molar-refractivity contribution in [2.45, 2.75) is 12.5 Å². The first-order valence-electron chi connectivity index (χ1n) is 7.52. The maximum atomic E-state index is 11.9. The fraction of sp³-hybridized carbons (Fsp3) is 0.118.